The summed E-state index contributed by atoms with van der Waals surface area (Å²) in [5.74, 6) is 0.696. The van der Waals surface area contributed by atoms with E-state index in [0.717, 1.165) is 32.4 Å². The molecule has 0 spiro atoms. The number of aliphatic hydroxyl groups excluding tert-OH is 1. The number of rotatable bonds is 10. The Labute approximate surface area is 149 Å². The molecule has 1 fully saturated rings. The summed E-state index contributed by atoms with van der Waals surface area (Å²) < 4.78 is 5.44. The average Bonchev–Trinajstić information content (AvgIpc) is 3.07. The van der Waals surface area contributed by atoms with Gasteiger partial charge in [0.1, 0.15) is 12.4 Å². The molecule has 1 aromatic carbocycles. The summed E-state index contributed by atoms with van der Waals surface area (Å²) in [6.07, 6.45) is 5.87. The summed E-state index contributed by atoms with van der Waals surface area (Å²) in [6.45, 7) is 6.98. The maximum Gasteiger partial charge on any atom is 0.319 e. The van der Waals surface area contributed by atoms with Crippen LogP contribution in [0.2, 0.25) is 0 Å². The number of hydrogen-bond acceptors (Lipinski definition) is 4. The van der Waals surface area contributed by atoms with Gasteiger partial charge >= 0.3 is 6.03 Å². The molecule has 0 saturated carbocycles. The minimum Gasteiger partial charge on any atom is -0.489 e. The summed E-state index contributed by atoms with van der Waals surface area (Å²) in [5.41, 5.74) is 0.696. The number of aliphatic hydroxyl groups is 1. The molecule has 25 heavy (non-hydrogen) atoms. The lowest BCUT2D eigenvalue weighted by Crippen LogP contribution is -2.34. The average molecular weight is 347 g/mol. The van der Waals surface area contributed by atoms with Crippen molar-refractivity contribution >= 4 is 11.7 Å². The monoisotopic (exact) mass is 347 g/mol. The van der Waals surface area contributed by atoms with Crippen LogP contribution in [0.15, 0.2) is 36.9 Å². The van der Waals surface area contributed by atoms with Crippen LogP contribution < -0.4 is 15.4 Å². The van der Waals surface area contributed by atoms with Crippen molar-refractivity contribution in [2.45, 2.75) is 31.7 Å². The Bertz CT molecular complexity index is 550. The molecule has 2 rings (SSSR count). The van der Waals surface area contributed by atoms with Gasteiger partial charge in [-0.15, -0.1) is 0 Å². The maximum atomic E-state index is 11.9. The first kappa shape index (κ1) is 19.3. The van der Waals surface area contributed by atoms with Crippen LogP contribution in [-0.2, 0) is 0 Å². The molecule has 0 bridgehead atoms. The number of hydrogen-bond donors (Lipinski definition) is 3. The standard InChI is InChI=1S/C19H29N3O3/c1-2-13-25-18-9-5-7-16(14-18)21-19(24)20-10-3-4-11-22-12-6-8-17(22)15-23/h2,5,7,9,14,17,23H,1,3-4,6,8,10-13,15H2,(H2,20,21,24)/t17-/m0/s1. The molecule has 3 N–H and O–H groups in total. The highest BCUT2D eigenvalue weighted by Crippen LogP contribution is 2.18. The molecule has 1 aliphatic heterocycles. The van der Waals surface area contributed by atoms with Crippen molar-refractivity contribution in [2.24, 2.45) is 0 Å². The van der Waals surface area contributed by atoms with E-state index in [4.69, 9.17) is 4.74 Å². The number of carbonyl (C=O) groups is 1. The van der Waals surface area contributed by atoms with Crippen molar-refractivity contribution in [1.29, 1.82) is 0 Å². The van der Waals surface area contributed by atoms with E-state index < -0.39 is 0 Å². The van der Waals surface area contributed by atoms with Crippen molar-refractivity contribution in [3.05, 3.63) is 36.9 Å². The van der Waals surface area contributed by atoms with E-state index in [1.54, 1.807) is 12.1 Å². The fourth-order valence-corrected chi connectivity index (χ4v) is 3.03. The number of likely N-dealkylation sites (tertiary alicyclic amines) is 1. The smallest absolute Gasteiger partial charge is 0.319 e. The Kier molecular flexibility index (Phi) is 8.28. The maximum absolute atomic E-state index is 11.9. The lowest BCUT2D eigenvalue weighted by Gasteiger charge is -2.22. The molecule has 1 aromatic rings. The molecule has 2 amide bonds. The van der Waals surface area contributed by atoms with Crippen molar-refractivity contribution in [1.82, 2.24) is 10.2 Å². The lowest BCUT2D eigenvalue weighted by molar-refractivity contribution is 0.157. The first-order chi connectivity index (χ1) is 12.2. The normalized spacial score (nSPS) is 17.2. The fraction of sp³-hybridized carbons (Fsp3) is 0.526. The molecule has 0 aliphatic carbocycles. The molecule has 6 heteroatoms. The lowest BCUT2D eigenvalue weighted by atomic mass is 10.2. The van der Waals surface area contributed by atoms with Gasteiger partial charge in [0.2, 0.25) is 0 Å². The first-order valence-electron chi connectivity index (χ1n) is 8.96. The predicted octanol–water partition coefficient (Wildman–Crippen LogP) is 2.61. The van der Waals surface area contributed by atoms with Crippen LogP contribution in [-0.4, -0.2) is 54.9 Å². The van der Waals surface area contributed by atoms with Crippen LogP contribution in [0.4, 0.5) is 10.5 Å². The van der Waals surface area contributed by atoms with Crippen molar-refractivity contribution in [3.63, 3.8) is 0 Å². The van der Waals surface area contributed by atoms with Gasteiger partial charge in [0.15, 0.2) is 0 Å². The van der Waals surface area contributed by atoms with E-state index >= 15 is 0 Å². The molecular weight excluding hydrogens is 318 g/mol. The zero-order chi connectivity index (χ0) is 17.9. The summed E-state index contributed by atoms with van der Waals surface area (Å²) in [6, 6.07) is 7.39. The zero-order valence-corrected chi connectivity index (χ0v) is 14.7. The summed E-state index contributed by atoms with van der Waals surface area (Å²) in [5, 5.41) is 15.0. The molecule has 1 heterocycles. The van der Waals surface area contributed by atoms with Gasteiger partial charge in [-0.3, -0.25) is 4.90 Å². The van der Waals surface area contributed by atoms with E-state index in [9.17, 15) is 9.90 Å². The minimum absolute atomic E-state index is 0.213. The highest BCUT2D eigenvalue weighted by atomic mass is 16.5. The summed E-state index contributed by atoms with van der Waals surface area (Å²) in [4.78, 5) is 14.3. The van der Waals surface area contributed by atoms with E-state index in [2.05, 4.69) is 22.1 Å². The third-order valence-electron chi connectivity index (χ3n) is 4.33. The van der Waals surface area contributed by atoms with Crippen molar-refractivity contribution in [2.75, 3.05) is 38.2 Å². The van der Waals surface area contributed by atoms with Crippen LogP contribution in [0.1, 0.15) is 25.7 Å². The second-order valence-corrected chi connectivity index (χ2v) is 6.23. The van der Waals surface area contributed by atoms with Crippen LogP contribution in [0, 0.1) is 0 Å². The van der Waals surface area contributed by atoms with Crippen molar-refractivity contribution < 1.29 is 14.6 Å². The topological polar surface area (TPSA) is 73.8 Å². The number of amides is 2. The second kappa shape index (κ2) is 10.7. The highest BCUT2D eigenvalue weighted by Gasteiger charge is 2.22. The molecule has 1 atom stereocenters. The zero-order valence-electron chi connectivity index (χ0n) is 14.7. The molecular formula is C19H29N3O3. The van der Waals surface area contributed by atoms with E-state index in [-0.39, 0.29) is 12.6 Å². The van der Waals surface area contributed by atoms with Crippen LogP contribution in [0.25, 0.3) is 0 Å². The molecule has 138 valence electrons. The molecule has 1 aliphatic rings. The minimum atomic E-state index is -0.213. The number of carbonyl (C=O) groups excluding carboxylic acids is 1. The Morgan fingerprint density at radius 2 is 2.32 bits per heavy atom. The Morgan fingerprint density at radius 1 is 1.44 bits per heavy atom. The Hall–Kier alpha value is -2.05. The third-order valence-corrected chi connectivity index (χ3v) is 4.33. The SMILES string of the molecule is C=CCOc1cccc(NC(=O)NCCCCN2CCC[C@H]2CO)c1. The first-order valence-corrected chi connectivity index (χ1v) is 8.96. The number of urea groups is 1. The number of anilines is 1. The van der Waals surface area contributed by atoms with Gasteiger partial charge in [0, 0.05) is 24.3 Å². The van der Waals surface area contributed by atoms with Gasteiger partial charge in [-0.05, 0) is 50.9 Å². The Morgan fingerprint density at radius 3 is 3.12 bits per heavy atom. The number of ether oxygens (including phenoxy) is 1. The molecule has 0 unspecified atom stereocenters. The van der Waals surface area contributed by atoms with Crippen molar-refractivity contribution in [3.8, 4) is 5.75 Å². The van der Waals surface area contributed by atoms with Crippen LogP contribution in [0.3, 0.4) is 0 Å². The summed E-state index contributed by atoms with van der Waals surface area (Å²) >= 11 is 0. The van der Waals surface area contributed by atoms with Gasteiger partial charge in [0.05, 0.1) is 6.61 Å². The van der Waals surface area contributed by atoms with Gasteiger partial charge in [-0.1, -0.05) is 18.7 Å². The predicted molar refractivity (Wildman–Crippen MR) is 100 cm³/mol. The Balaban J connectivity index is 1.61. The van der Waals surface area contributed by atoms with E-state index in [1.807, 2.05) is 18.2 Å². The van der Waals surface area contributed by atoms with Gasteiger partial charge in [0.25, 0.3) is 0 Å². The second-order valence-electron chi connectivity index (χ2n) is 6.23. The molecule has 0 aromatic heterocycles. The number of unbranched alkanes of at least 4 members (excludes halogenated alkanes) is 1. The van der Waals surface area contributed by atoms with Gasteiger partial charge in [-0.25, -0.2) is 4.79 Å². The summed E-state index contributed by atoms with van der Waals surface area (Å²) in [7, 11) is 0. The molecule has 0 radical (unpaired) electrons. The molecule has 1 saturated heterocycles. The number of nitrogens with one attached hydrogen (secondary N) is 2. The van der Waals surface area contributed by atoms with E-state index in [0.29, 0.717) is 30.6 Å². The third kappa shape index (κ3) is 6.76. The van der Waals surface area contributed by atoms with Gasteiger partial charge in [-0.2, -0.15) is 0 Å². The number of benzene rings is 1. The quantitative estimate of drug-likeness (QED) is 0.449. The molecule has 6 nitrogen and oxygen atoms in total. The van der Waals surface area contributed by atoms with Crippen LogP contribution >= 0.6 is 0 Å². The fourth-order valence-electron chi connectivity index (χ4n) is 3.03. The highest BCUT2D eigenvalue weighted by molar-refractivity contribution is 5.89. The number of nitrogens with zero attached hydrogens (tertiary/aromatic N) is 1. The van der Waals surface area contributed by atoms with Crippen LogP contribution in [0.5, 0.6) is 5.75 Å². The largest absolute Gasteiger partial charge is 0.489 e. The van der Waals surface area contributed by atoms with E-state index in [1.165, 1.54) is 6.42 Å². The van der Waals surface area contributed by atoms with Gasteiger partial charge < -0.3 is 20.5 Å².